The number of likely N-dealkylation sites (N-methyl/N-ethyl adjacent to an activating group) is 1. The van der Waals surface area contributed by atoms with Gasteiger partial charge in [0.25, 0.3) is 5.91 Å². The normalized spacial score (nSPS) is 17.5. The van der Waals surface area contributed by atoms with Crippen molar-refractivity contribution in [2.75, 3.05) is 13.6 Å². The van der Waals surface area contributed by atoms with Crippen LogP contribution < -0.4 is 0 Å². The van der Waals surface area contributed by atoms with Crippen molar-refractivity contribution in [1.82, 2.24) is 19.6 Å². The average molecular weight is 316 g/mol. The largest absolute Gasteiger partial charge is 0.459 e. The molecule has 23 heavy (non-hydrogen) atoms. The minimum atomic E-state index is -0.422. The standard InChI is InChI=1S/C16H20N4O3/c1-18(10-12-9-17-19(2)11-12)15(21)13-5-3-7-20(13)16(22)14-6-4-8-23-14/h4,6,8-9,11,13H,3,5,7,10H2,1-2H3/t13-/m0/s1. The van der Waals surface area contributed by atoms with Gasteiger partial charge in [0, 0.05) is 38.9 Å². The Labute approximate surface area is 134 Å². The number of aromatic nitrogens is 2. The van der Waals surface area contributed by atoms with Crippen molar-refractivity contribution in [3.63, 3.8) is 0 Å². The lowest BCUT2D eigenvalue weighted by atomic mass is 10.2. The predicted molar refractivity (Wildman–Crippen MR) is 82.4 cm³/mol. The number of hydrogen-bond donors (Lipinski definition) is 0. The Kier molecular flexibility index (Phi) is 4.18. The van der Waals surface area contributed by atoms with E-state index in [-0.39, 0.29) is 17.6 Å². The minimum Gasteiger partial charge on any atom is -0.459 e. The van der Waals surface area contributed by atoms with Crippen molar-refractivity contribution in [2.45, 2.75) is 25.4 Å². The second kappa shape index (κ2) is 6.28. The van der Waals surface area contributed by atoms with E-state index in [0.717, 1.165) is 12.0 Å². The lowest BCUT2D eigenvalue weighted by Crippen LogP contribution is -2.46. The number of aryl methyl sites for hydroxylation is 1. The molecule has 7 heteroatoms. The molecule has 1 atom stereocenters. The van der Waals surface area contributed by atoms with Gasteiger partial charge in [-0.3, -0.25) is 14.3 Å². The van der Waals surface area contributed by atoms with Gasteiger partial charge in [-0.15, -0.1) is 0 Å². The number of carbonyl (C=O) groups excluding carboxylic acids is 2. The molecule has 1 fully saturated rings. The highest BCUT2D eigenvalue weighted by Crippen LogP contribution is 2.22. The van der Waals surface area contributed by atoms with E-state index in [9.17, 15) is 9.59 Å². The third-order valence-corrected chi connectivity index (χ3v) is 4.09. The van der Waals surface area contributed by atoms with Gasteiger partial charge in [-0.1, -0.05) is 0 Å². The van der Waals surface area contributed by atoms with Gasteiger partial charge in [-0.25, -0.2) is 0 Å². The maximum absolute atomic E-state index is 12.7. The highest BCUT2D eigenvalue weighted by atomic mass is 16.3. The van der Waals surface area contributed by atoms with Crippen LogP contribution in [0.25, 0.3) is 0 Å². The maximum atomic E-state index is 12.7. The van der Waals surface area contributed by atoms with Gasteiger partial charge in [0.2, 0.25) is 5.91 Å². The van der Waals surface area contributed by atoms with Crippen molar-refractivity contribution in [2.24, 2.45) is 7.05 Å². The summed E-state index contributed by atoms with van der Waals surface area (Å²) in [5.41, 5.74) is 0.963. The summed E-state index contributed by atoms with van der Waals surface area (Å²) in [5, 5.41) is 4.11. The SMILES string of the molecule is CN(Cc1cnn(C)c1)C(=O)[C@@H]1CCCN1C(=O)c1ccco1. The fourth-order valence-corrected chi connectivity index (χ4v) is 2.97. The third-order valence-electron chi connectivity index (χ3n) is 4.09. The molecule has 0 radical (unpaired) electrons. The van der Waals surface area contributed by atoms with Crippen LogP contribution >= 0.6 is 0 Å². The molecule has 2 aromatic heterocycles. The van der Waals surface area contributed by atoms with Gasteiger partial charge in [-0.2, -0.15) is 5.10 Å². The number of amides is 2. The summed E-state index contributed by atoms with van der Waals surface area (Å²) < 4.78 is 6.87. The first-order valence-corrected chi connectivity index (χ1v) is 7.63. The fraction of sp³-hybridized carbons (Fsp3) is 0.438. The van der Waals surface area contributed by atoms with Crippen LogP contribution in [-0.2, 0) is 18.4 Å². The molecule has 0 spiro atoms. The van der Waals surface area contributed by atoms with E-state index < -0.39 is 6.04 Å². The quantitative estimate of drug-likeness (QED) is 0.852. The second-order valence-electron chi connectivity index (χ2n) is 5.85. The Morgan fingerprint density at radius 3 is 2.96 bits per heavy atom. The number of carbonyl (C=O) groups is 2. The van der Waals surface area contributed by atoms with Crippen LogP contribution in [0, 0.1) is 0 Å². The lowest BCUT2D eigenvalue weighted by molar-refractivity contribution is -0.134. The zero-order valence-corrected chi connectivity index (χ0v) is 13.3. The molecular formula is C16H20N4O3. The van der Waals surface area contributed by atoms with Crippen molar-refractivity contribution in [3.8, 4) is 0 Å². The highest BCUT2D eigenvalue weighted by molar-refractivity contribution is 5.95. The zero-order valence-electron chi connectivity index (χ0n) is 13.3. The molecule has 0 bridgehead atoms. The topological polar surface area (TPSA) is 71.6 Å². The second-order valence-corrected chi connectivity index (χ2v) is 5.85. The van der Waals surface area contributed by atoms with Crippen molar-refractivity contribution in [1.29, 1.82) is 0 Å². The number of likely N-dealkylation sites (tertiary alicyclic amines) is 1. The smallest absolute Gasteiger partial charge is 0.290 e. The summed E-state index contributed by atoms with van der Waals surface area (Å²) >= 11 is 0. The van der Waals surface area contributed by atoms with Crippen LogP contribution in [0.1, 0.15) is 29.0 Å². The number of hydrogen-bond acceptors (Lipinski definition) is 4. The van der Waals surface area contributed by atoms with Crippen LogP contribution in [0.5, 0.6) is 0 Å². The Morgan fingerprint density at radius 1 is 1.48 bits per heavy atom. The molecule has 3 rings (SSSR count). The first-order chi connectivity index (χ1) is 11.1. The van der Waals surface area contributed by atoms with Crippen molar-refractivity contribution in [3.05, 3.63) is 42.1 Å². The molecule has 1 saturated heterocycles. The Bertz CT molecular complexity index is 692. The molecule has 0 aliphatic carbocycles. The Balaban J connectivity index is 1.69. The van der Waals surface area contributed by atoms with Gasteiger partial charge < -0.3 is 14.2 Å². The molecular weight excluding hydrogens is 296 g/mol. The third kappa shape index (κ3) is 3.13. The van der Waals surface area contributed by atoms with E-state index in [0.29, 0.717) is 19.5 Å². The van der Waals surface area contributed by atoms with Gasteiger partial charge in [0.15, 0.2) is 5.76 Å². The van der Waals surface area contributed by atoms with Gasteiger partial charge in [0.05, 0.1) is 12.5 Å². The Morgan fingerprint density at radius 2 is 2.30 bits per heavy atom. The lowest BCUT2D eigenvalue weighted by Gasteiger charge is -2.27. The molecule has 0 N–H and O–H groups in total. The molecule has 1 aliphatic heterocycles. The molecule has 1 aliphatic rings. The van der Waals surface area contributed by atoms with Gasteiger partial charge in [0.1, 0.15) is 6.04 Å². The van der Waals surface area contributed by atoms with E-state index in [2.05, 4.69) is 5.10 Å². The summed E-state index contributed by atoms with van der Waals surface area (Å²) in [4.78, 5) is 28.4. The fourth-order valence-electron chi connectivity index (χ4n) is 2.97. The highest BCUT2D eigenvalue weighted by Gasteiger charge is 2.36. The van der Waals surface area contributed by atoms with Crippen molar-refractivity contribution >= 4 is 11.8 Å². The number of furan rings is 1. The summed E-state index contributed by atoms with van der Waals surface area (Å²) in [6, 6.07) is 2.88. The van der Waals surface area contributed by atoms with Crippen LogP contribution in [0.2, 0.25) is 0 Å². The molecule has 0 unspecified atom stereocenters. The van der Waals surface area contributed by atoms with Crippen LogP contribution in [0.15, 0.2) is 35.2 Å². The van der Waals surface area contributed by atoms with Gasteiger partial charge >= 0.3 is 0 Å². The molecule has 0 aromatic carbocycles. The molecule has 2 amide bonds. The maximum Gasteiger partial charge on any atom is 0.290 e. The average Bonchev–Trinajstić information content (AvgIpc) is 3.27. The van der Waals surface area contributed by atoms with E-state index in [1.807, 2.05) is 13.2 Å². The van der Waals surface area contributed by atoms with Crippen molar-refractivity contribution < 1.29 is 14.0 Å². The Hall–Kier alpha value is -2.57. The summed E-state index contributed by atoms with van der Waals surface area (Å²) in [5.74, 6) is 0.00602. The summed E-state index contributed by atoms with van der Waals surface area (Å²) in [7, 11) is 3.59. The zero-order chi connectivity index (χ0) is 16.4. The van der Waals surface area contributed by atoms with Crippen LogP contribution in [0.3, 0.4) is 0 Å². The first kappa shape index (κ1) is 15.3. The monoisotopic (exact) mass is 316 g/mol. The number of nitrogens with zero attached hydrogens (tertiary/aromatic N) is 4. The summed E-state index contributed by atoms with van der Waals surface area (Å²) in [6.07, 6.45) is 6.59. The van der Waals surface area contributed by atoms with E-state index >= 15 is 0 Å². The molecule has 0 saturated carbocycles. The van der Waals surface area contributed by atoms with Crippen LogP contribution in [-0.4, -0.2) is 51.0 Å². The molecule has 2 aromatic rings. The van der Waals surface area contributed by atoms with E-state index in [1.165, 1.54) is 6.26 Å². The van der Waals surface area contributed by atoms with Gasteiger partial charge in [-0.05, 0) is 25.0 Å². The minimum absolute atomic E-state index is 0.0498. The molecule has 3 heterocycles. The first-order valence-electron chi connectivity index (χ1n) is 7.63. The number of rotatable bonds is 4. The van der Waals surface area contributed by atoms with E-state index in [1.54, 1.807) is 39.9 Å². The predicted octanol–water partition coefficient (Wildman–Crippen LogP) is 1.28. The van der Waals surface area contributed by atoms with Crippen LogP contribution in [0.4, 0.5) is 0 Å². The molecule has 122 valence electrons. The molecule has 7 nitrogen and oxygen atoms in total. The summed E-state index contributed by atoms with van der Waals surface area (Å²) in [6.45, 7) is 1.06. The van der Waals surface area contributed by atoms with E-state index in [4.69, 9.17) is 4.42 Å².